The molecule has 4 rings (SSSR count). The number of nitrogens with one attached hydrogen (secondary N) is 2. The molecule has 0 spiro atoms. The molecule has 2 amide bonds. The fourth-order valence-corrected chi connectivity index (χ4v) is 4.38. The molecule has 2 N–H and O–H groups in total. The fraction of sp³-hybridized carbons (Fsp3) is 0.190. The van der Waals surface area contributed by atoms with Gasteiger partial charge in [-0.1, -0.05) is 29.8 Å². The number of alkyl halides is 3. The van der Waals surface area contributed by atoms with Gasteiger partial charge in [0.25, 0.3) is 0 Å². The first-order valence-electron chi connectivity index (χ1n) is 9.20. The molecule has 2 aromatic carbocycles. The first-order chi connectivity index (χ1) is 14.7. The number of anilines is 2. The number of carbonyl (C=O) groups is 2. The molecule has 0 saturated heterocycles. The van der Waals surface area contributed by atoms with Gasteiger partial charge >= 0.3 is 6.18 Å². The van der Waals surface area contributed by atoms with Gasteiger partial charge in [-0.15, -0.1) is 11.3 Å². The van der Waals surface area contributed by atoms with Crippen LogP contribution in [0.1, 0.15) is 33.9 Å². The number of halogens is 4. The number of para-hydroxylation sites is 1. The van der Waals surface area contributed by atoms with Gasteiger partial charge in [0.2, 0.25) is 11.8 Å². The maximum Gasteiger partial charge on any atom is 0.416 e. The summed E-state index contributed by atoms with van der Waals surface area (Å²) < 4.78 is 38.9. The number of benzene rings is 2. The van der Waals surface area contributed by atoms with Crippen molar-refractivity contribution in [2.24, 2.45) is 0 Å². The van der Waals surface area contributed by atoms with E-state index < -0.39 is 17.7 Å². The van der Waals surface area contributed by atoms with E-state index in [1.807, 2.05) is 0 Å². The van der Waals surface area contributed by atoms with Crippen LogP contribution in [0.5, 0.6) is 0 Å². The van der Waals surface area contributed by atoms with Crippen molar-refractivity contribution in [3.63, 3.8) is 0 Å². The first kappa shape index (κ1) is 21.3. The van der Waals surface area contributed by atoms with Crippen LogP contribution in [0.25, 0.3) is 0 Å². The van der Waals surface area contributed by atoms with Crippen LogP contribution in [0.2, 0.25) is 5.02 Å². The number of amides is 2. The summed E-state index contributed by atoms with van der Waals surface area (Å²) in [5, 5.41) is 5.96. The lowest BCUT2D eigenvalue weighted by atomic mass is 9.90. The highest BCUT2D eigenvalue weighted by Gasteiger charge is 2.32. The van der Waals surface area contributed by atoms with Crippen LogP contribution in [0.4, 0.5) is 24.0 Å². The van der Waals surface area contributed by atoms with Gasteiger partial charge < -0.3 is 10.6 Å². The fourth-order valence-electron chi connectivity index (χ4n) is 3.36. The monoisotopic (exact) mass is 465 g/mol. The Balaban J connectivity index is 1.49. The summed E-state index contributed by atoms with van der Waals surface area (Å²) in [6.45, 7) is 0. The standard InChI is InChI=1S/C21H15ClF3N3O2S/c22-16-6-5-12(21(23,24)25)7-11(16)8-13-10-26-20(31-13)28-19(30)15-9-18(29)27-17-4-2-1-3-14(15)17/h1-7,10,15H,8-9H2,(H,27,29)(H,26,28,30)/t15-/m1/s1. The van der Waals surface area contributed by atoms with Gasteiger partial charge in [0.05, 0.1) is 11.5 Å². The average molecular weight is 466 g/mol. The second-order valence-electron chi connectivity index (χ2n) is 6.99. The highest BCUT2D eigenvalue weighted by molar-refractivity contribution is 7.15. The molecular formula is C21H15ClF3N3O2S. The summed E-state index contributed by atoms with van der Waals surface area (Å²) in [6.07, 6.45) is -2.82. The van der Waals surface area contributed by atoms with Crippen LogP contribution in [0, 0.1) is 0 Å². The van der Waals surface area contributed by atoms with Crippen LogP contribution < -0.4 is 10.6 Å². The van der Waals surface area contributed by atoms with Crippen molar-refractivity contribution < 1.29 is 22.8 Å². The van der Waals surface area contributed by atoms with Crippen molar-refractivity contribution in [1.82, 2.24) is 4.98 Å². The summed E-state index contributed by atoms with van der Waals surface area (Å²) >= 11 is 7.20. The van der Waals surface area contributed by atoms with Gasteiger partial charge in [0.15, 0.2) is 5.13 Å². The van der Waals surface area contributed by atoms with Crippen molar-refractivity contribution in [2.45, 2.75) is 24.9 Å². The lowest BCUT2D eigenvalue weighted by Crippen LogP contribution is -2.30. The average Bonchev–Trinajstić information content (AvgIpc) is 3.14. The van der Waals surface area contributed by atoms with E-state index in [-0.39, 0.29) is 29.7 Å². The van der Waals surface area contributed by atoms with Crippen LogP contribution in [-0.2, 0) is 22.2 Å². The number of rotatable bonds is 4. The van der Waals surface area contributed by atoms with E-state index in [1.54, 1.807) is 24.3 Å². The summed E-state index contributed by atoms with van der Waals surface area (Å²) in [6, 6.07) is 10.2. The van der Waals surface area contributed by atoms with Crippen molar-refractivity contribution in [3.8, 4) is 0 Å². The SMILES string of the molecule is O=C1C[C@@H](C(=O)Nc2ncc(Cc3cc(C(F)(F)F)ccc3Cl)s2)c2ccccc2N1. The molecule has 2 heterocycles. The zero-order chi connectivity index (χ0) is 22.2. The molecule has 0 saturated carbocycles. The number of aromatic nitrogens is 1. The van der Waals surface area contributed by atoms with Crippen LogP contribution >= 0.6 is 22.9 Å². The molecule has 0 aliphatic carbocycles. The van der Waals surface area contributed by atoms with Gasteiger partial charge in [-0.2, -0.15) is 13.2 Å². The van der Waals surface area contributed by atoms with E-state index in [1.165, 1.54) is 12.3 Å². The Morgan fingerprint density at radius 2 is 2.03 bits per heavy atom. The van der Waals surface area contributed by atoms with Gasteiger partial charge in [0, 0.05) is 34.6 Å². The topological polar surface area (TPSA) is 71.1 Å². The third-order valence-corrected chi connectivity index (χ3v) is 6.12. The Morgan fingerprint density at radius 3 is 2.81 bits per heavy atom. The number of carbonyl (C=O) groups excluding carboxylic acids is 2. The Kier molecular flexibility index (Phi) is 5.72. The number of fused-ring (bicyclic) bond motifs is 1. The Labute approximate surface area is 184 Å². The second-order valence-corrected chi connectivity index (χ2v) is 8.52. The van der Waals surface area contributed by atoms with Gasteiger partial charge in [-0.25, -0.2) is 4.98 Å². The zero-order valence-electron chi connectivity index (χ0n) is 15.8. The normalized spacial score (nSPS) is 15.9. The highest BCUT2D eigenvalue weighted by Crippen LogP contribution is 2.35. The van der Waals surface area contributed by atoms with Crippen LogP contribution in [-0.4, -0.2) is 16.8 Å². The molecule has 0 bridgehead atoms. The van der Waals surface area contributed by atoms with Crippen LogP contribution in [0.3, 0.4) is 0 Å². The van der Waals surface area contributed by atoms with E-state index in [0.29, 0.717) is 26.8 Å². The van der Waals surface area contributed by atoms with E-state index in [0.717, 1.165) is 23.5 Å². The van der Waals surface area contributed by atoms with Gasteiger partial charge in [-0.05, 0) is 35.4 Å². The lowest BCUT2D eigenvalue weighted by molar-refractivity contribution is -0.137. The predicted molar refractivity (Wildman–Crippen MR) is 112 cm³/mol. The van der Waals surface area contributed by atoms with E-state index in [9.17, 15) is 22.8 Å². The summed E-state index contributed by atoms with van der Waals surface area (Å²) in [5.74, 6) is -1.28. The smallest absolute Gasteiger partial charge is 0.326 e. The number of hydrogen-bond acceptors (Lipinski definition) is 4. The third kappa shape index (κ3) is 4.72. The third-order valence-electron chi connectivity index (χ3n) is 4.84. The van der Waals surface area contributed by atoms with Crippen molar-refractivity contribution >= 4 is 45.6 Å². The van der Waals surface area contributed by atoms with E-state index in [2.05, 4.69) is 15.6 Å². The van der Waals surface area contributed by atoms with E-state index >= 15 is 0 Å². The maximum atomic E-state index is 13.0. The molecule has 1 aromatic heterocycles. The van der Waals surface area contributed by atoms with Gasteiger partial charge in [-0.3, -0.25) is 9.59 Å². The Morgan fingerprint density at radius 1 is 1.26 bits per heavy atom. The molecule has 1 aliphatic rings. The molecule has 31 heavy (non-hydrogen) atoms. The van der Waals surface area contributed by atoms with Gasteiger partial charge in [0.1, 0.15) is 0 Å². The largest absolute Gasteiger partial charge is 0.416 e. The van der Waals surface area contributed by atoms with Crippen molar-refractivity contribution in [2.75, 3.05) is 10.6 Å². The molecule has 0 radical (unpaired) electrons. The number of thiazole rings is 1. The lowest BCUT2D eigenvalue weighted by Gasteiger charge is -2.24. The first-order valence-corrected chi connectivity index (χ1v) is 10.4. The predicted octanol–water partition coefficient (Wildman–Crippen LogP) is 5.47. The number of nitrogens with zero attached hydrogens (tertiary/aromatic N) is 1. The van der Waals surface area contributed by atoms with Crippen molar-refractivity contribution in [3.05, 3.63) is 75.3 Å². The Hall–Kier alpha value is -2.91. The highest BCUT2D eigenvalue weighted by atomic mass is 35.5. The molecule has 0 fully saturated rings. The summed E-state index contributed by atoms with van der Waals surface area (Å²) in [7, 11) is 0. The maximum absolute atomic E-state index is 13.0. The Bertz CT molecular complexity index is 1160. The minimum atomic E-state index is -4.46. The van der Waals surface area contributed by atoms with Crippen LogP contribution in [0.15, 0.2) is 48.7 Å². The summed E-state index contributed by atoms with van der Waals surface area (Å²) in [4.78, 5) is 29.5. The zero-order valence-corrected chi connectivity index (χ0v) is 17.4. The quantitative estimate of drug-likeness (QED) is 0.536. The van der Waals surface area contributed by atoms with E-state index in [4.69, 9.17) is 11.6 Å². The minimum Gasteiger partial charge on any atom is -0.326 e. The molecule has 1 aliphatic heterocycles. The molecule has 160 valence electrons. The molecule has 0 unspecified atom stereocenters. The molecule has 5 nitrogen and oxygen atoms in total. The molecule has 10 heteroatoms. The minimum absolute atomic E-state index is 0.0148. The molecule has 3 aromatic rings. The molecule has 1 atom stereocenters. The molecular weight excluding hydrogens is 451 g/mol. The summed E-state index contributed by atoms with van der Waals surface area (Å²) in [5.41, 5.74) is 0.847. The number of hydrogen-bond donors (Lipinski definition) is 2. The second kappa shape index (κ2) is 8.32. The van der Waals surface area contributed by atoms with Crippen molar-refractivity contribution in [1.29, 1.82) is 0 Å².